The van der Waals surface area contributed by atoms with Crippen LogP contribution in [0.25, 0.3) is 0 Å². The number of carbonyl (C=O) groups is 1. The molecule has 1 aromatic carbocycles. The monoisotopic (exact) mass is 217 g/mol. The van der Waals surface area contributed by atoms with Crippen LogP contribution in [-0.2, 0) is 0 Å². The van der Waals surface area contributed by atoms with Crippen LogP contribution in [0, 0.1) is 12.4 Å². The largest absolute Gasteiger partial charge is 0.314 e. The number of nitrogens with zero attached hydrogens (tertiary/aromatic N) is 3. The SMILES string of the molecule is O=C(Nc1n[c]nc(F)n1)c1ccccc1. The van der Waals surface area contributed by atoms with E-state index in [0.717, 1.165) is 0 Å². The van der Waals surface area contributed by atoms with Gasteiger partial charge in [0.05, 0.1) is 0 Å². The van der Waals surface area contributed by atoms with Crippen LogP contribution in [0.1, 0.15) is 10.4 Å². The van der Waals surface area contributed by atoms with E-state index < -0.39 is 12.0 Å². The predicted molar refractivity (Wildman–Crippen MR) is 53.0 cm³/mol. The minimum atomic E-state index is -0.988. The number of hydrogen-bond acceptors (Lipinski definition) is 4. The van der Waals surface area contributed by atoms with Crippen LogP contribution in [0.5, 0.6) is 0 Å². The van der Waals surface area contributed by atoms with Crippen molar-refractivity contribution in [1.82, 2.24) is 15.0 Å². The van der Waals surface area contributed by atoms with Crippen molar-refractivity contribution in [2.75, 3.05) is 5.32 Å². The first-order chi connectivity index (χ1) is 7.75. The average molecular weight is 217 g/mol. The van der Waals surface area contributed by atoms with Crippen molar-refractivity contribution in [2.45, 2.75) is 0 Å². The molecule has 1 aromatic heterocycles. The Balaban J connectivity index is 2.14. The third-order valence-electron chi connectivity index (χ3n) is 1.76. The summed E-state index contributed by atoms with van der Waals surface area (Å²) < 4.78 is 12.6. The molecular weight excluding hydrogens is 211 g/mol. The minimum Gasteiger partial charge on any atom is -0.290 e. The zero-order chi connectivity index (χ0) is 11.4. The lowest BCUT2D eigenvalue weighted by atomic mass is 10.2. The van der Waals surface area contributed by atoms with Crippen LogP contribution in [0.3, 0.4) is 0 Å². The number of benzene rings is 1. The van der Waals surface area contributed by atoms with Crippen molar-refractivity contribution in [2.24, 2.45) is 0 Å². The molecule has 1 radical (unpaired) electrons. The molecule has 2 rings (SSSR count). The van der Waals surface area contributed by atoms with Crippen LogP contribution in [0.15, 0.2) is 30.3 Å². The first-order valence-electron chi connectivity index (χ1n) is 4.40. The van der Waals surface area contributed by atoms with Crippen molar-refractivity contribution in [1.29, 1.82) is 0 Å². The van der Waals surface area contributed by atoms with E-state index in [-0.39, 0.29) is 5.95 Å². The molecule has 0 unspecified atom stereocenters. The van der Waals surface area contributed by atoms with Crippen LogP contribution in [0.2, 0.25) is 0 Å². The third-order valence-corrected chi connectivity index (χ3v) is 1.76. The van der Waals surface area contributed by atoms with E-state index in [1.54, 1.807) is 30.3 Å². The molecule has 0 fully saturated rings. The summed E-state index contributed by atoms with van der Waals surface area (Å²) in [5.41, 5.74) is 0.434. The van der Waals surface area contributed by atoms with E-state index >= 15 is 0 Å². The quantitative estimate of drug-likeness (QED) is 0.816. The Labute approximate surface area is 90.4 Å². The normalized spacial score (nSPS) is 9.81. The highest BCUT2D eigenvalue weighted by molar-refractivity contribution is 6.03. The Morgan fingerprint density at radius 3 is 2.69 bits per heavy atom. The number of amides is 1. The molecule has 2 aromatic rings. The van der Waals surface area contributed by atoms with E-state index in [0.29, 0.717) is 5.56 Å². The van der Waals surface area contributed by atoms with Gasteiger partial charge in [-0.2, -0.15) is 19.3 Å². The Bertz CT molecular complexity index is 503. The fourth-order valence-electron chi connectivity index (χ4n) is 1.07. The highest BCUT2D eigenvalue weighted by atomic mass is 19.1. The van der Waals surface area contributed by atoms with Gasteiger partial charge in [0, 0.05) is 5.56 Å². The predicted octanol–water partition coefficient (Wildman–Crippen LogP) is 1.06. The second-order valence-corrected chi connectivity index (χ2v) is 2.85. The first kappa shape index (κ1) is 10.2. The van der Waals surface area contributed by atoms with Crippen molar-refractivity contribution in [3.05, 3.63) is 48.3 Å². The molecule has 0 saturated carbocycles. The van der Waals surface area contributed by atoms with Crippen LogP contribution in [-0.4, -0.2) is 20.9 Å². The van der Waals surface area contributed by atoms with Gasteiger partial charge in [-0.15, -0.1) is 0 Å². The molecule has 0 spiro atoms. The maximum Gasteiger partial charge on any atom is 0.314 e. The molecule has 0 aliphatic carbocycles. The fraction of sp³-hybridized carbons (Fsp3) is 0. The number of nitrogens with one attached hydrogen (secondary N) is 1. The van der Waals surface area contributed by atoms with E-state index in [1.165, 1.54) is 0 Å². The Hall–Kier alpha value is -2.37. The summed E-state index contributed by atoms with van der Waals surface area (Å²) in [6, 6.07) is 8.46. The lowest BCUT2D eigenvalue weighted by Gasteiger charge is -2.01. The van der Waals surface area contributed by atoms with Crippen molar-refractivity contribution in [3.8, 4) is 0 Å². The molecule has 5 nitrogen and oxygen atoms in total. The van der Waals surface area contributed by atoms with Gasteiger partial charge in [0.2, 0.25) is 12.3 Å². The number of rotatable bonds is 2. The molecule has 16 heavy (non-hydrogen) atoms. The highest BCUT2D eigenvalue weighted by Gasteiger charge is 2.07. The van der Waals surface area contributed by atoms with Gasteiger partial charge < -0.3 is 0 Å². The maximum atomic E-state index is 12.6. The average Bonchev–Trinajstić information content (AvgIpc) is 2.30. The maximum absolute atomic E-state index is 12.6. The summed E-state index contributed by atoms with van der Waals surface area (Å²) in [4.78, 5) is 21.4. The number of anilines is 1. The number of aromatic nitrogens is 3. The van der Waals surface area contributed by atoms with E-state index in [1.807, 2.05) is 6.33 Å². The molecule has 6 heteroatoms. The van der Waals surface area contributed by atoms with Gasteiger partial charge in [-0.3, -0.25) is 10.1 Å². The molecule has 0 aliphatic rings. The summed E-state index contributed by atoms with van der Waals surface area (Å²) >= 11 is 0. The highest BCUT2D eigenvalue weighted by Crippen LogP contribution is 2.02. The van der Waals surface area contributed by atoms with Crippen molar-refractivity contribution in [3.63, 3.8) is 0 Å². The molecule has 0 atom stereocenters. The van der Waals surface area contributed by atoms with Gasteiger partial charge in [-0.25, -0.2) is 0 Å². The smallest absolute Gasteiger partial charge is 0.290 e. The summed E-state index contributed by atoms with van der Waals surface area (Å²) in [7, 11) is 0. The Morgan fingerprint density at radius 1 is 1.25 bits per heavy atom. The van der Waals surface area contributed by atoms with Gasteiger partial charge in [0.25, 0.3) is 5.91 Å². The molecular formula is C10H6FN4O. The summed E-state index contributed by atoms with van der Waals surface area (Å²) in [5.74, 6) is -0.582. The minimum absolute atomic E-state index is 0.165. The summed E-state index contributed by atoms with van der Waals surface area (Å²) in [6.45, 7) is 0. The van der Waals surface area contributed by atoms with Gasteiger partial charge in [0.15, 0.2) is 0 Å². The molecule has 79 valence electrons. The van der Waals surface area contributed by atoms with Gasteiger partial charge >= 0.3 is 6.08 Å². The lowest BCUT2D eigenvalue weighted by Crippen LogP contribution is -2.14. The fourth-order valence-corrected chi connectivity index (χ4v) is 1.07. The number of hydrogen-bond donors (Lipinski definition) is 1. The molecule has 0 aliphatic heterocycles. The van der Waals surface area contributed by atoms with Gasteiger partial charge in [0.1, 0.15) is 0 Å². The van der Waals surface area contributed by atoms with Crippen molar-refractivity contribution < 1.29 is 9.18 Å². The molecule has 0 saturated heterocycles. The van der Waals surface area contributed by atoms with Gasteiger partial charge in [-0.1, -0.05) is 18.2 Å². The second-order valence-electron chi connectivity index (χ2n) is 2.85. The van der Waals surface area contributed by atoms with Crippen LogP contribution >= 0.6 is 0 Å². The number of halogens is 1. The van der Waals surface area contributed by atoms with E-state index in [4.69, 9.17) is 0 Å². The summed E-state index contributed by atoms with van der Waals surface area (Å²) in [5, 5.41) is 2.33. The topological polar surface area (TPSA) is 67.8 Å². The Morgan fingerprint density at radius 2 is 2.00 bits per heavy atom. The zero-order valence-corrected chi connectivity index (χ0v) is 8.01. The van der Waals surface area contributed by atoms with Crippen molar-refractivity contribution >= 4 is 11.9 Å². The molecule has 0 bridgehead atoms. The molecule has 1 N–H and O–H groups in total. The van der Waals surface area contributed by atoms with Gasteiger partial charge in [-0.05, 0) is 12.1 Å². The first-order valence-corrected chi connectivity index (χ1v) is 4.40. The zero-order valence-electron chi connectivity index (χ0n) is 8.01. The van der Waals surface area contributed by atoms with Crippen LogP contribution in [0.4, 0.5) is 10.3 Å². The van der Waals surface area contributed by atoms with Crippen LogP contribution < -0.4 is 5.32 Å². The molecule has 1 heterocycles. The standard InChI is InChI=1S/C10H6FN4O/c11-9-12-6-13-10(15-9)14-8(16)7-4-2-1-3-5-7/h1-5H,(H,12,13,14,15,16). The summed E-state index contributed by atoms with van der Waals surface area (Å²) in [6.07, 6.45) is 1.05. The lowest BCUT2D eigenvalue weighted by molar-refractivity contribution is 0.102. The van der Waals surface area contributed by atoms with E-state index in [9.17, 15) is 9.18 Å². The van der Waals surface area contributed by atoms with E-state index in [2.05, 4.69) is 20.3 Å². The third kappa shape index (κ3) is 2.35. The number of carbonyl (C=O) groups excluding carboxylic acids is 1. The Kier molecular flexibility index (Phi) is 2.81. The second kappa shape index (κ2) is 4.43. The molecule has 1 amide bonds.